The lowest BCUT2D eigenvalue weighted by Gasteiger charge is -2.06. The van der Waals surface area contributed by atoms with Crippen LogP contribution in [0.15, 0.2) is 60.7 Å². The van der Waals surface area contributed by atoms with Gasteiger partial charge in [0.05, 0.1) is 0 Å². The van der Waals surface area contributed by atoms with E-state index in [-0.39, 0.29) is 0 Å². The van der Waals surface area contributed by atoms with Gasteiger partial charge in [0.1, 0.15) is 10.5 Å². The normalized spacial score (nSPS) is 10.4. The van der Waals surface area contributed by atoms with Gasteiger partial charge in [-0.2, -0.15) is 0 Å². The Kier molecular flexibility index (Phi) is 3.44. The fourth-order valence-electron chi connectivity index (χ4n) is 2.08. The summed E-state index contributed by atoms with van der Waals surface area (Å²) >= 11 is 5.28. The molecule has 0 fully saturated rings. The zero-order chi connectivity index (χ0) is 13.9. The van der Waals surface area contributed by atoms with Gasteiger partial charge in [-0.05, 0) is 18.6 Å². The summed E-state index contributed by atoms with van der Waals surface area (Å²) in [6.07, 6.45) is 0. The highest BCUT2D eigenvalue weighted by Crippen LogP contribution is 2.21. The second-order valence-electron chi connectivity index (χ2n) is 4.71. The van der Waals surface area contributed by atoms with E-state index < -0.39 is 0 Å². The fourth-order valence-corrected chi connectivity index (χ4v) is 2.29. The average Bonchev–Trinajstić information content (AvgIpc) is 2.48. The van der Waals surface area contributed by atoms with E-state index in [2.05, 4.69) is 41.2 Å². The summed E-state index contributed by atoms with van der Waals surface area (Å²) in [7, 11) is 0. The topological polar surface area (TPSA) is 28.7 Å². The van der Waals surface area contributed by atoms with E-state index in [9.17, 15) is 0 Å². The summed E-state index contributed by atoms with van der Waals surface area (Å²) < 4.78 is 0.596. The molecule has 20 heavy (non-hydrogen) atoms. The Morgan fingerprint density at radius 3 is 2.30 bits per heavy atom. The quantitative estimate of drug-likeness (QED) is 0.683. The van der Waals surface area contributed by atoms with Crippen molar-refractivity contribution in [3.8, 4) is 22.6 Å². The maximum absolute atomic E-state index is 5.28. The van der Waals surface area contributed by atoms with Gasteiger partial charge in [0, 0.05) is 11.3 Å². The lowest BCUT2D eigenvalue weighted by atomic mass is 10.1. The van der Waals surface area contributed by atoms with Gasteiger partial charge in [-0.3, -0.25) is 0 Å². The van der Waals surface area contributed by atoms with Gasteiger partial charge in [0.2, 0.25) is 0 Å². The molecule has 3 heteroatoms. The summed E-state index contributed by atoms with van der Waals surface area (Å²) in [5.74, 6) is 0.800. The van der Waals surface area contributed by atoms with Gasteiger partial charge in [-0.15, -0.1) is 0 Å². The lowest BCUT2D eigenvalue weighted by Crippen LogP contribution is -1.92. The molecule has 0 spiro atoms. The van der Waals surface area contributed by atoms with E-state index in [0.717, 1.165) is 22.6 Å². The Labute approximate surface area is 123 Å². The Morgan fingerprint density at radius 2 is 1.60 bits per heavy atom. The van der Waals surface area contributed by atoms with Crippen molar-refractivity contribution >= 4 is 12.2 Å². The lowest BCUT2D eigenvalue weighted by molar-refractivity contribution is 1.16. The van der Waals surface area contributed by atoms with E-state index in [1.54, 1.807) is 0 Å². The Bertz CT molecular complexity index is 774. The number of nitrogens with zero attached hydrogens (tertiary/aromatic N) is 1. The van der Waals surface area contributed by atoms with Crippen LogP contribution in [0.1, 0.15) is 5.56 Å². The van der Waals surface area contributed by atoms with Crippen LogP contribution in [0.25, 0.3) is 22.6 Å². The monoisotopic (exact) mass is 278 g/mol. The molecule has 1 aromatic heterocycles. The smallest absolute Gasteiger partial charge is 0.139 e. The van der Waals surface area contributed by atoms with Crippen LogP contribution >= 0.6 is 12.2 Å². The summed E-state index contributed by atoms with van der Waals surface area (Å²) in [4.78, 5) is 7.77. The van der Waals surface area contributed by atoms with Gasteiger partial charge in [-0.1, -0.05) is 72.4 Å². The highest BCUT2D eigenvalue weighted by molar-refractivity contribution is 7.71. The van der Waals surface area contributed by atoms with Crippen molar-refractivity contribution in [2.45, 2.75) is 6.92 Å². The van der Waals surface area contributed by atoms with Crippen LogP contribution < -0.4 is 0 Å². The molecule has 0 saturated heterocycles. The number of aryl methyl sites for hydroxylation is 1. The molecular weight excluding hydrogens is 264 g/mol. The molecule has 3 aromatic rings. The minimum Gasteiger partial charge on any atom is -0.339 e. The fraction of sp³-hybridized carbons (Fsp3) is 0.0588. The third-order valence-corrected chi connectivity index (χ3v) is 3.36. The molecule has 1 heterocycles. The molecule has 0 aliphatic carbocycles. The Balaban J connectivity index is 2.12. The number of rotatable bonds is 2. The van der Waals surface area contributed by atoms with E-state index >= 15 is 0 Å². The first-order chi connectivity index (χ1) is 9.72. The molecule has 0 saturated carbocycles. The molecule has 0 atom stereocenters. The van der Waals surface area contributed by atoms with Gasteiger partial charge < -0.3 is 4.98 Å². The van der Waals surface area contributed by atoms with Gasteiger partial charge in [0.15, 0.2) is 0 Å². The van der Waals surface area contributed by atoms with E-state index in [1.165, 1.54) is 5.56 Å². The maximum atomic E-state index is 5.28. The predicted molar refractivity (Wildman–Crippen MR) is 85.0 cm³/mol. The third-order valence-electron chi connectivity index (χ3n) is 3.15. The molecule has 0 radical (unpaired) electrons. The van der Waals surface area contributed by atoms with Crippen molar-refractivity contribution < 1.29 is 0 Å². The first kappa shape index (κ1) is 12.8. The Hall–Kier alpha value is -2.26. The standard InChI is InChI=1S/C17H14N2S/c1-12-7-9-13(10-8-12)15-11-16(20)19-17(18-15)14-5-3-2-4-6-14/h2-11H,1H3,(H,18,19,20). The van der Waals surface area contributed by atoms with E-state index in [4.69, 9.17) is 12.2 Å². The molecule has 0 amide bonds. The van der Waals surface area contributed by atoms with E-state index in [0.29, 0.717) is 4.64 Å². The van der Waals surface area contributed by atoms with Gasteiger partial charge in [0.25, 0.3) is 0 Å². The molecule has 0 aliphatic heterocycles. The summed E-state index contributed by atoms with van der Waals surface area (Å²) in [5, 5.41) is 0. The van der Waals surface area contributed by atoms with Crippen LogP contribution in [-0.2, 0) is 0 Å². The number of aromatic amines is 1. The van der Waals surface area contributed by atoms with E-state index in [1.807, 2.05) is 36.4 Å². The maximum Gasteiger partial charge on any atom is 0.139 e. The summed E-state index contributed by atoms with van der Waals surface area (Å²) in [5.41, 5.74) is 4.38. The molecule has 0 unspecified atom stereocenters. The molecule has 2 aromatic carbocycles. The predicted octanol–water partition coefficient (Wildman–Crippen LogP) is 4.78. The van der Waals surface area contributed by atoms with Crippen molar-refractivity contribution in [2.24, 2.45) is 0 Å². The molecule has 0 bridgehead atoms. The number of hydrogen-bond acceptors (Lipinski definition) is 2. The van der Waals surface area contributed by atoms with Crippen LogP contribution in [0.5, 0.6) is 0 Å². The minimum absolute atomic E-state index is 0.596. The van der Waals surface area contributed by atoms with Crippen LogP contribution in [0.4, 0.5) is 0 Å². The minimum atomic E-state index is 0.596. The highest BCUT2D eigenvalue weighted by atomic mass is 32.1. The van der Waals surface area contributed by atoms with Gasteiger partial charge in [-0.25, -0.2) is 4.98 Å². The number of nitrogens with one attached hydrogen (secondary N) is 1. The largest absolute Gasteiger partial charge is 0.339 e. The van der Waals surface area contributed by atoms with Crippen LogP contribution in [0, 0.1) is 11.6 Å². The molecule has 0 aliphatic rings. The first-order valence-corrected chi connectivity index (χ1v) is 6.87. The molecule has 2 nitrogen and oxygen atoms in total. The van der Waals surface area contributed by atoms with Gasteiger partial charge >= 0.3 is 0 Å². The number of hydrogen-bond donors (Lipinski definition) is 1. The Morgan fingerprint density at radius 1 is 0.900 bits per heavy atom. The zero-order valence-corrected chi connectivity index (χ0v) is 11.9. The van der Waals surface area contributed by atoms with Crippen LogP contribution in [0.3, 0.4) is 0 Å². The van der Waals surface area contributed by atoms with Crippen molar-refractivity contribution in [3.05, 3.63) is 70.9 Å². The highest BCUT2D eigenvalue weighted by Gasteiger charge is 2.03. The van der Waals surface area contributed by atoms with Crippen LogP contribution in [0.2, 0.25) is 0 Å². The average molecular weight is 278 g/mol. The molecular formula is C17H14N2S. The van der Waals surface area contributed by atoms with Crippen molar-refractivity contribution in [1.82, 2.24) is 9.97 Å². The molecule has 1 N–H and O–H groups in total. The summed E-state index contributed by atoms with van der Waals surface area (Å²) in [6.45, 7) is 2.08. The van der Waals surface area contributed by atoms with Crippen molar-refractivity contribution in [1.29, 1.82) is 0 Å². The second kappa shape index (κ2) is 5.39. The van der Waals surface area contributed by atoms with Crippen molar-refractivity contribution in [2.75, 3.05) is 0 Å². The third kappa shape index (κ3) is 2.68. The second-order valence-corrected chi connectivity index (χ2v) is 5.13. The van der Waals surface area contributed by atoms with Crippen molar-refractivity contribution in [3.63, 3.8) is 0 Å². The van der Waals surface area contributed by atoms with Crippen LogP contribution in [-0.4, -0.2) is 9.97 Å². The number of benzene rings is 2. The SMILES string of the molecule is Cc1ccc(-c2cc(=S)nc(-c3ccccc3)[nH]2)cc1. The number of H-pyrrole nitrogens is 1. The first-order valence-electron chi connectivity index (χ1n) is 6.46. The summed E-state index contributed by atoms with van der Waals surface area (Å²) in [6, 6.07) is 20.3. The number of aromatic nitrogens is 2. The molecule has 3 rings (SSSR count). The zero-order valence-electron chi connectivity index (χ0n) is 11.1. The molecule has 98 valence electrons.